The topological polar surface area (TPSA) is 188 Å². The van der Waals surface area contributed by atoms with Crippen molar-refractivity contribution in [1.82, 2.24) is 16.0 Å². The van der Waals surface area contributed by atoms with Crippen LogP contribution in [0.3, 0.4) is 0 Å². The van der Waals surface area contributed by atoms with Gasteiger partial charge in [-0.2, -0.15) is 0 Å². The van der Waals surface area contributed by atoms with Crippen LogP contribution in [0, 0.1) is 11.8 Å². The van der Waals surface area contributed by atoms with Gasteiger partial charge in [-0.3, -0.25) is 19.2 Å². The highest BCUT2D eigenvalue weighted by Crippen LogP contribution is 2.10. The maximum absolute atomic E-state index is 12.7. The number of carboxylic acids is 2. The lowest BCUT2D eigenvalue weighted by atomic mass is 9.97. The zero-order chi connectivity index (χ0) is 23.4. The van der Waals surface area contributed by atoms with Crippen molar-refractivity contribution in [2.24, 2.45) is 17.6 Å². The molecule has 0 rings (SSSR count). The summed E-state index contributed by atoms with van der Waals surface area (Å²) >= 11 is 0. The van der Waals surface area contributed by atoms with Gasteiger partial charge < -0.3 is 31.9 Å². The lowest BCUT2D eigenvalue weighted by Crippen LogP contribution is -2.57. The van der Waals surface area contributed by atoms with Gasteiger partial charge in [-0.15, -0.1) is 0 Å². The summed E-state index contributed by atoms with van der Waals surface area (Å²) in [7, 11) is 0. The van der Waals surface area contributed by atoms with Crippen LogP contribution >= 0.6 is 0 Å². The van der Waals surface area contributed by atoms with Crippen molar-refractivity contribution in [3.63, 3.8) is 0 Å². The molecule has 0 aliphatic carbocycles. The Kier molecular flexibility index (Phi) is 12.3. The molecule has 4 atom stereocenters. The van der Waals surface area contributed by atoms with Crippen molar-refractivity contribution in [3.8, 4) is 0 Å². The molecule has 0 radical (unpaired) electrons. The number of rotatable bonds is 14. The third-order valence-corrected chi connectivity index (χ3v) is 4.60. The predicted molar refractivity (Wildman–Crippen MR) is 108 cm³/mol. The maximum Gasteiger partial charge on any atom is 0.326 e. The number of carboxylic acid groups (broad SMARTS) is 2. The summed E-state index contributed by atoms with van der Waals surface area (Å²) in [5.41, 5.74) is 5.29. The first-order valence-corrected chi connectivity index (χ1v) is 9.97. The van der Waals surface area contributed by atoms with Crippen molar-refractivity contribution in [2.75, 3.05) is 6.54 Å². The van der Waals surface area contributed by atoms with Crippen LogP contribution in [0.15, 0.2) is 0 Å². The van der Waals surface area contributed by atoms with Crippen LogP contribution in [0.25, 0.3) is 0 Å². The predicted octanol–water partition coefficient (Wildman–Crippen LogP) is -0.559. The van der Waals surface area contributed by atoms with Gasteiger partial charge in [-0.05, 0) is 24.7 Å². The van der Waals surface area contributed by atoms with Crippen LogP contribution in [0.1, 0.15) is 53.4 Å². The van der Waals surface area contributed by atoms with Gasteiger partial charge >= 0.3 is 11.9 Å². The minimum atomic E-state index is -1.27. The van der Waals surface area contributed by atoms with E-state index in [9.17, 15) is 29.1 Å². The molecule has 0 aromatic rings. The molecule has 7 N–H and O–H groups in total. The van der Waals surface area contributed by atoms with Gasteiger partial charge in [0.2, 0.25) is 17.7 Å². The van der Waals surface area contributed by atoms with Crippen LogP contribution < -0.4 is 21.7 Å². The third-order valence-electron chi connectivity index (χ3n) is 4.60. The fourth-order valence-electron chi connectivity index (χ4n) is 2.70. The maximum atomic E-state index is 12.7. The zero-order valence-corrected chi connectivity index (χ0v) is 17.9. The van der Waals surface area contributed by atoms with Crippen LogP contribution in [0.4, 0.5) is 0 Å². The second-order valence-corrected chi connectivity index (χ2v) is 7.66. The minimum absolute atomic E-state index is 0.0141. The molecule has 11 heteroatoms. The number of nitrogens with two attached hydrogens (primary N) is 1. The van der Waals surface area contributed by atoms with Gasteiger partial charge in [0, 0.05) is 6.42 Å². The number of hydrogen-bond acceptors (Lipinski definition) is 6. The Morgan fingerprint density at radius 3 is 1.90 bits per heavy atom. The number of aliphatic carboxylic acids is 2. The first-order valence-electron chi connectivity index (χ1n) is 9.97. The quantitative estimate of drug-likeness (QED) is 0.211. The number of carbonyl (C=O) groups is 5. The van der Waals surface area contributed by atoms with Gasteiger partial charge in [0.25, 0.3) is 0 Å². The standard InChI is InChI=1S/C19H34N4O7/c1-5-11(4)16(23-14(24)9-20)18(28)21-12(6-7-15(25)26)17(27)22-13(19(29)30)8-10(2)3/h10-13,16H,5-9,20H2,1-4H3,(H,21,28)(H,22,27)(H,23,24)(H,25,26)(H,29,30). The molecule has 0 spiro atoms. The molecule has 30 heavy (non-hydrogen) atoms. The average Bonchev–Trinajstić information content (AvgIpc) is 2.66. The lowest BCUT2D eigenvalue weighted by molar-refractivity contribution is -0.143. The first-order chi connectivity index (χ1) is 13.9. The molecule has 11 nitrogen and oxygen atoms in total. The van der Waals surface area contributed by atoms with E-state index in [1.54, 1.807) is 20.8 Å². The number of amides is 3. The van der Waals surface area contributed by atoms with Crippen LogP contribution in [0.5, 0.6) is 0 Å². The molecule has 0 fully saturated rings. The molecule has 0 saturated heterocycles. The number of carbonyl (C=O) groups excluding carboxylic acids is 3. The SMILES string of the molecule is CCC(C)C(NC(=O)CN)C(=O)NC(CCC(=O)O)C(=O)NC(CC(C)C)C(=O)O. The van der Waals surface area contributed by atoms with E-state index < -0.39 is 54.2 Å². The highest BCUT2D eigenvalue weighted by Gasteiger charge is 2.31. The molecule has 3 amide bonds. The van der Waals surface area contributed by atoms with Crippen LogP contribution in [-0.4, -0.2) is 64.5 Å². The lowest BCUT2D eigenvalue weighted by Gasteiger charge is -2.27. The fourth-order valence-corrected chi connectivity index (χ4v) is 2.70. The summed E-state index contributed by atoms with van der Waals surface area (Å²) in [4.78, 5) is 59.4. The van der Waals surface area contributed by atoms with Gasteiger partial charge in [0.1, 0.15) is 18.1 Å². The molecule has 0 aromatic heterocycles. The minimum Gasteiger partial charge on any atom is -0.481 e. The summed E-state index contributed by atoms with van der Waals surface area (Å²) in [6.45, 7) is 6.82. The molecular weight excluding hydrogens is 396 g/mol. The van der Waals surface area contributed by atoms with Gasteiger partial charge in [-0.1, -0.05) is 34.1 Å². The van der Waals surface area contributed by atoms with E-state index in [4.69, 9.17) is 10.8 Å². The average molecular weight is 431 g/mol. The van der Waals surface area contributed by atoms with Crippen molar-refractivity contribution in [2.45, 2.75) is 71.5 Å². The number of nitrogens with one attached hydrogen (secondary N) is 3. The van der Waals surface area contributed by atoms with Crippen LogP contribution in [0.2, 0.25) is 0 Å². The highest BCUT2D eigenvalue weighted by molar-refractivity contribution is 5.93. The van der Waals surface area contributed by atoms with Gasteiger partial charge in [0.05, 0.1) is 6.54 Å². The summed E-state index contributed by atoms with van der Waals surface area (Å²) in [5, 5.41) is 25.6. The van der Waals surface area contributed by atoms with E-state index in [1.165, 1.54) is 0 Å². The first kappa shape index (κ1) is 27.3. The molecule has 4 unspecified atom stereocenters. The van der Waals surface area contributed by atoms with Crippen molar-refractivity contribution < 1.29 is 34.2 Å². The van der Waals surface area contributed by atoms with E-state index in [0.29, 0.717) is 6.42 Å². The van der Waals surface area contributed by atoms with Crippen molar-refractivity contribution in [1.29, 1.82) is 0 Å². The zero-order valence-electron chi connectivity index (χ0n) is 17.9. The molecule has 0 aliphatic heterocycles. The van der Waals surface area contributed by atoms with E-state index >= 15 is 0 Å². The Hall–Kier alpha value is -2.69. The Bertz CT molecular complexity index is 624. The fraction of sp³-hybridized carbons (Fsp3) is 0.737. The van der Waals surface area contributed by atoms with E-state index in [1.807, 2.05) is 6.92 Å². The Morgan fingerprint density at radius 1 is 0.900 bits per heavy atom. The molecule has 172 valence electrons. The third kappa shape index (κ3) is 10.2. The van der Waals surface area contributed by atoms with E-state index in [-0.39, 0.29) is 31.2 Å². The second kappa shape index (κ2) is 13.5. The van der Waals surface area contributed by atoms with Gasteiger partial charge in [-0.25, -0.2) is 4.79 Å². The highest BCUT2D eigenvalue weighted by atomic mass is 16.4. The smallest absolute Gasteiger partial charge is 0.326 e. The van der Waals surface area contributed by atoms with Crippen molar-refractivity contribution >= 4 is 29.7 Å². The molecule has 0 heterocycles. The Morgan fingerprint density at radius 2 is 1.47 bits per heavy atom. The monoisotopic (exact) mass is 430 g/mol. The summed E-state index contributed by atoms with van der Waals surface area (Å²) in [6.07, 6.45) is 0.0650. The summed E-state index contributed by atoms with van der Waals surface area (Å²) < 4.78 is 0. The van der Waals surface area contributed by atoms with E-state index in [0.717, 1.165) is 0 Å². The summed E-state index contributed by atoms with van der Waals surface area (Å²) in [6, 6.07) is -3.43. The largest absolute Gasteiger partial charge is 0.481 e. The molecule has 0 aromatic carbocycles. The molecule has 0 aliphatic rings. The van der Waals surface area contributed by atoms with Crippen molar-refractivity contribution in [3.05, 3.63) is 0 Å². The van der Waals surface area contributed by atoms with Gasteiger partial charge in [0.15, 0.2) is 0 Å². The molecular formula is C19H34N4O7. The second-order valence-electron chi connectivity index (χ2n) is 7.66. The number of hydrogen-bond donors (Lipinski definition) is 6. The molecule has 0 bridgehead atoms. The summed E-state index contributed by atoms with van der Waals surface area (Å²) in [5.74, 6) is -4.72. The Labute approximate surface area is 176 Å². The van der Waals surface area contributed by atoms with E-state index in [2.05, 4.69) is 16.0 Å². The molecule has 0 saturated carbocycles. The van der Waals surface area contributed by atoms with Crippen LogP contribution in [-0.2, 0) is 24.0 Å². The normalized spacial score (nSPS) is 14.9. The Balaban J connectivity index is 5.48.